The molecule has 142 valence electrons. The van der Waals surface area contributed by atoms with Crippen LogP contribution >= 0.6 is 15.9 Å². The first-order chi connectivity index (χ1) is 12.7. The zero-order chi connectivity index (χ0) is 19.6. The van der Waals surface area contributed by atoms with Crippen molar-refractivity contribution < 1.29 is 18.0 Å². The van der Waals surface area contributed by atoms with Crippen molar-refractivity contribution in [1.82, 2.24) is 4.72 Å². The number of rotatable bonds is 6. The first-order valence-corrected chi connectivity index (χ1v) is 10.5. The van der Waals surface area contributed by atoms with E-state index >= 15 is 0 Å². The summed E-state index contributed by atoms with van der Waals surface area (Å²) in [6.07, 6.45) is 1.65. The number of hydrogen-bond donors (Lipinski definition) is 3. The maximum Gasteiger partial charge on any atom is 0.256 e. The van der Waals surface area contributed by atoms with Crippen LogP contribution in [-0.2, 0) is 14.8 Å². The average molecular weight is 452 g/mol. The number of amides is 2. The number of anilines is 2. The molecule has 0 unspecified atom stereocenters. The third-order valence-electron chi connectivity index (χ3n) is 3.83. The lowest BCUT2D eigenvalue weighted by atomic mass is 10.2. The van der Waals surface area contributed by atoms with E-state index < -0.39 is 15.9 Å². The highest BCUT2D eigenvalue weighted by Gasteiger charge is 2.28. The molecule has 0 aliphatic heterocycles. The smallest absolute Gasteiger partial charge is 0.256 e. The molecule has 2 aromatic rings. The molecule has 9 heteroatoms. The van der Waals surface area contributed by atoms with Crippen molar-refractivity contribution in [2.75, 3.05) is 10.6 Å². The van der Waals surface area contributed by atoms with Gasteiger partial charge in [0.2, 0.25) is 15.9 Å². The first kappa shape index (κ1) is 19.5. The van der Waals surface area contributed by atoms with Crippen molar-refractivity contribution in [3.8, 4) is 0 Å². The van der Waals surface area contributed by atoms with Crippen LogP contribution in [0.25, 0.3) is 0 Å². The Morgan fingerprint density at radius 1 is 1.04 bits per heavy atom. The van der Waals surface area contributed by atoms with E-state index in [0.717, 1.165) is 12.8 Å². The third kappa shape index (κ3) is 5.15. The summed E-state index contributed by atoms with van der Waals surface area (Å²) in [4.78, 5) is 23.8. The number of halogens is 1. The maximum atomic E-state index is 12.6. The monoisotopic (exact) mass is 451 g/mol. The molecule has 2 aromatic carbocycles. The Labute approximate surface area is 165 Å². The van der Waals surface area contributed by atoms with Gasteiger partial charge in [-0.25, -0.2) is 13.1 Å². The lowest BCUT2D eigenvalue weighted by Gasteiger charge is -2.11. The van der Waals surface area contributed by atoms with Gasteiger partial charge in [-0.2, -0.15) is 0 Å². The topological polar surface area (TPSA) is 104 Å². The summed E-state index contributed by atoms with van der Waals surface area (Å²) >= 11 is 3.29. The number of benzene rings is 2. The Morgan fingerprint density at radius 2 is 1.70 bits per heavy atom. The molecular weight excluding hydrogens is 434 g/mol. The number of hydrogen-bond acceptors (Lipinski definition) is 4. The lowest BCUT2D eigenvalue weighted by molar-refractivity contribution is -0.114. The summed E-state index contributed by atoms with van der Waals surface area (Å²) in [6, 6.07) is 11.0. The Bertz CT molecular complexity index is 1000. The van der Waals surface area contributed by atoms with Gasteiger partial charge in [0.25, 0.3) is 5.91 Å². The Hall–Kier alpha value is -2.23. The zero-order valence-electron chi connectivity index (χ0n) is 14.5. The molecule has 0 spiro atoms. The largest absolute Gasteiger partial charge is 0.326 e. The van der Waals surface area contributed by atoms with Crippen LogP contribution in [0.4, 0.5) is 11.4 Å². The van der Waals surface area contributed by atoms with Crippen molar-refractivity contribution in [3.63, 3.8) is 0 Å². The second-order valence-electron chi connectivity index (χ2n) is 6.25. The lowest BCUT2D eigenvalue weighted by Crippen LogP contribution is -2.26. The number of carbonyl (C=O) groups is 2. The molecule has 3 rings (SSSR count). The fraction of sp³-hybridized carbons (Fsp3) is 0.222. The standard InChI is InChI=1S/C18H18BrN3O4S/c1-11(23)20-13-3-2-4-14(9-13)21-18(24)16-10-15(7-8-17(16)19)27(25,26)22-12-5-6-12/h2-4,7-10,12,22H,5-6H2,1H3,(H,20,23)(H,21,24). The van der Waals surface area contributed by atoms with E-state index in [0.29, 0.717) is 15.8 Å². The minimum Gasteiger partial charge on any atom is -0.326 e. The molecule has 7 nitrogen and oxygen atoms in total. The molecule has 1 aliphatic carbocycles. The van der Waals surface area contributed by atoms with Crippen LogP contribution in [0.5, 0.6) is 0 Å². The van der Waals surface area contributed by atoms with E-state index in [9.17, 15) is 18.0 Å². The van der Waals surface area contributed by atoms with Gasteiger partial charge in [0.1, 0.15) is 0 Å². The Balaban J connectivity index is 1.82. The average Bonchev–Trinajstić information content (AvgIpc) is 3.38. The molecule has 1 aliphatic rings. The van der Waals surface area contributed by atoms with Gasteiger partial charge in [-0.05, 0) is 65.2 Å². The molecule has 0 saturated heterocycles. The Morgan fingerprint density at radius 3 is 2.33 bits per heavy atom. The van der Waals surface area contributed by atoms with Gasteiger partial charge in [-0.1, -0.05) is 6.07 Å². The zero-order valence-corrected chi connectivity index (χ0v) is 16.9. The van der Waals surface area contributed by atoms with E-state index in [1.165, 1.54) is 25.1 Å². The minimum atomic E-state index is -3.66. The second-order valence-corrected chi connectivity index (χ2v) is 8.82. The highest BCUT2D eigenvalue weighted by atomic mass is 79.9. The van der Waals surface area contributed by atoms with E-state index in [-0.39, 0.29) is 22.4 Å². The molecule has 0 bridgehead atoms. The molecule has 0 radical (unpaired) electrons. The minimum absolute atomic E-state index is 0.0209. The summed E-state index contributed by atoms with van der Waals surface area (Å²) < 4.78 is 27.8. The summed E-state index contributed by atoms with van der Waals surface area (Å²) in [5.74, 6) is -0.687. The number of sulfonamides is 1. The maximum absolute atomic E-state index is 12.6. The predicted molar refractivity (Wildman–Crippen MR) is 106 cm³/mol. The Kier molecular flexibility index (Phi) is 5.64. The first-order valence-electron chi connectivity index (χ1n) is 8.25. The summed E-state index contributed by atoms with van der Waals surface area (Å²) in [7, 11) is -3.66. The highest BCUT2D eigenvalue weighted by Crippen LogP contribution is 2.26. The van der Waals surface area contributed by atoms with E-state index in [1.807, 2.05) is 0 Å². The van der Waals surface area contributed by atoms with Gasteiger partial charge in [0.05, 0.1) is 10.5 Å². The second kappa shape index (κ2) is 7.79. The molecule has 27 heavy (non-hydrogen) atoms. The van der Waals surface area contributed by atoms with Gasteiger partial charge in [-0.15, -0.1) is 0 Å². The van der Waals surface area contributed by atoms with E-state index in [1.54, 1.807) is 24.3 Å². The normalized spacial score (nSPS) is 13.9. The molecular formula is C18H18BrN3O4S. The molecule has 2 amide bonds. The van der Waals surface area contributed by atoms with Crippen molar-refractivity contribution >= 4 is 49.1 Å². The highest BCUT2D eigenvalue weighted by molar-refractivity contribution is 9.10. The SMILES string of the molecule is CC(=O)Nc1cccc(NC(=O)c2cc(S(=O)(=O)NC3CC3)ccc2Br)c1. The molecule has 0 aromatic heterocycles. The van der Waals surface area contributed by atoms with Crippen molar-refractivity contribution in [3.05, 3.63) is 52.5 Å². The van der Waals surface area contributed by atoms with Crippen LogP contribution in [-0.4, -0.2) is 26.3 Å². The van der Waals surface area contributed by atoms with E-state index in [4.69, 9.17) is 0 Å². The number of nitrogens with one attached hydrogen (secondary N) is 3. The quantitative estimate of drug-likeness (QED) is 0.627. The molecule has 0 atom stereocenters. The third-order valence-corrected chi connectivity index (χ3v) is 6.04. The van der Waals surface area contributed by atoms with Crippen molar-refractivity contribution in [2.24, 2.45) is 0 Å². The van der Waals surface area contributed by atoms with Gasteiger partial charge in [0.15, 0.2) is 0 Å². The van der Waals surface area contributed by atoms with Crippen LogP contribution in [0, 0.1) is 0 Å². The fourth-order valence-corrected chi connectivity index (χ4v) is 4.17. The van der Waals surface area contributed by atoms with Crippen LogP contribution in [0.15, 0.2) is 51.8 Å². The van der Waals surface area contributed by atoms with Gasteiger partial charge >= 0.3 is 0 Å². The predicted octanol–water partition coefficient (Wildman–Crippen LogP) is 3.10. The van der Waals surface area contributed by atoms with Crippen LogP contribution in [0.2, 0.25) is 0 Å². The van der Waals surface area contributed by atoms with Crippen LogP contribution in [0.3, 0.4) is 0 Å². The number of carbonyl (C=O) groups excluding carboxylic acids is 2. The molecule has 1 saturated carbocycles. The molecule has 3 N–H and O–H groups in total. The summed E-state index contributed by atoms with van der Waals surface area (Å²) in [5, 5.41) is 5.34. The fourth-order valence-electron chi connectivity index (χ4n) is 2.41. The summed E-state index contributed by atoms with van der Waals surface area (Å²) in [5.41, 5.74) is 1.21. The van der Waals surface area contributed by atoms with Crippen LogP contribution in [0.1, 0.15) is 30.1 Å². The van der Waals surface area contributed by atoms with Gasteiger partial charge < -0.3 is 10.6 Å². The van der Waals surface area contributed by atoms with Gasteiger partial charge in [0, 0.05) is 28.8 Å². The van der Waals surface area contributed by atoms with Gasteiger partial charge in [-0.3, -0.25) is 9.59 Å². The van der Waals surface area contributed by atoms with Crippen LogP contribution < -0.4 is 15.4 Å². The van der Waals surface area contributed by atoms with Crippen molar-refractivity contribution in [1.29, 1.82) is 0 Å². The van der Waals surface area contributed by atoms with Crippen molar-refractivity contribution in [2.45, 2.75) is 30.7 Å². The molecule has 1 fully saturated rings. The summed E-state index contributed by atoms with van der Waals surface area (Å²) in [6.45, 7) is 1.39. The molecule has 0 heterocycles. The van der Waals surface area contributed by atoms with E-state index in [2.05, 4.69) is 31.3 Å².